The number of carbonyl (C=O) groups excluding carboxylic acids is 1. The van der Waals surface area contributed by atoms with Crippen LogP contribution in [0.25, 0.3) is 10.9 Å². The number of rotatable bonds is 4. The Kier molecular flexibility index (Phi) is 5.68. The average molecular weight is 508 g/mol. The number of pyridine rings is 1. The molecule has 0 fully saturated rings. The molecule has 166 valence electrons. The maximum Gasteiger partial charge on any atom is 0.380 e. The highest BCUT2D eigenvalue weighted by Gasteiger charge is 2.29. The minimum Gasteiger partial charge on any atom is -0.453 e. The standard InChI is InChI=1S/C25H19BrFN3O3/c1-14-22-19(30-29-16-9-7-15(27)8-10-16)5-2-6-20(22)32-24(14)25(31)33-21-12-11-18(26)17-4-3-13-28-23(17)21/h3-4,7-13,29H,2,5-6H2,1H3/b30-19+. The lowest BCUT2D eigenvalue weighted by molar-refractivity contribution is 0.0700. The van der Waals surface area contributed by atoms with E-state index < -0.39 is 5.97 Å². The topological polar surface area (TPSA) is 76.7 Å². The molecule has 0 unspecified atom stereocenters. The highest BCUT2D eigenvalue weighted by Crippen LogP contribution is 2.33. The molecule has 2 aromatic carbocycles. The average Bonchev–Trinajstić information content (AvgIpc) is 3.18. The minimum absolute atomic E-state index is 0.156. The number of hydrogen-bond donors (Lipinski definition) is 1. The molecular formula is C25H19BrFN3O3. The summed E-state index contributed by atoms with van der Waals surface area (Å²) in [4.78, 5) is 17.4. The molecule has 8 heteroatoms. The first-order chi connectivity index (χ1) is 16.0. The van der Waals surface area contributed by atoms with Crippen molar-refractivity contribution in [3.05, 3.63) is 87.7 Å². The predicted octanol–water partition coefficient (Wildman–Crippen LogP) is 6.41. The number of aryl methyl sites for hydroxylation is 1. The Hall–Kier alpha value is -3.52. The molecule has 1 aliphatic rings. The largest absolute Gasteiger partial charge is 0.453 e. The fourth-order valence-corrected chi connectivity index (χ4v) is 4.42. The van der Waals surface area contributed by atoms with Gasteiger partial charge in [-0.1, -0.05) is 22.0 Å². The van der Waals surface area contributed by atoms with E-state index in [1.54, 1.807) is 24.4 Å². The van der Waals surface area contributed by atoms with Gasteiger partial charge in [-0.25, -0.2) is 9.18 Å². The molecule has 33 heavy (non-hydrogen) atoms. The van der Waals surface area contributed by atoms with Gasteiger partial charge in [0.15, 0.2) is 5.75 Å². The van der Waals surface area contributed by atoms with Crippen molar-refractivity contribution < 1.29 is 18.3 Å². The quantitative estimate of drug-likeness (QED) is 0.196. The van der Waals surface area contributed by atoms with Crippen molar-refractivity contribution in [2.45, 2.75) is 26.2 Å². The number of nitrogens with zero attached hydrogens (tertiary/aromatic N) is 2. The number of carbonyl (C=O) groups is 1. The van der Waals surface area contributed by atoms with Gasteiger partial charge in [0, 0.05) is 33.6 Å². The van der Waals surface area contributed by atoms with Crippen LogP contribution in [0, 0.1) is 12.7 Å². The van der Waals surface area contributed by atoms with Crippen molar-refractivity contribution in [1.82, 2.24) is 4.98 Å². The third-order valence-electron chi connectivity index (χ3n) is 5.56. The summed E-state index contributed by atoms with van der Waals surface area (Å²) in [6.07, 6.45) is 3.94. The van der Waals surface area contributed by atoms with Gasteiger partial charge in [-0.05, 0) is 62.2 Å². The first kappa shape index (κ1) is 21.3. The van der Waals surface area contributed by atoms with Crippen LogP contribution in [0.1, 0.15) is 40.3 Å². The van der Waals surface area contributed by atoms with E-state index in [2.05, 4.69) is 31.4 Å². The van der Waals surface area contributed by atoms with Crippen molar-refractivity contribution in [2.24, 2.45) is 5.10 Å². The maximum absolute atomic E-state index is 13.1. The fourth-order valence-electron chi connectivity index (χ4n) is 3.97. The van der Waals surface area contributed by atoms with Crippen LogP contribution in [-0.4, -0.2) is 16.7 Å². The van der Waals surface area contributed by atoms with E-state index in [0.717, 1.165) is 34.0 Å². The van der Waals surface area contributed by atoms with Gasteiger partial charge in [-0.2, -0.15) is 5.10 Å². The van der Waals surface area contributed by atoms with Crippen LogP contribution in [-0.2, 0) is 6.42 Å². The van der Waals surface area contributed by atoms with Gasteiger partial charge in [-0.3, -0.25) is 10.4 Å². The van der Waals surface area contributed by atoms with E-state index in [4.69, 9.17) is 9.15 Å². The summed E-state index contributed by atoms with van der Waals surface area (Å²) in [5.41, 5.74) is 6.51. The van der Waals surface area contributed by atoms with Crippen LogP contribution < -0.4 is 10.2 Å². The molecule has 0 bridgehead atoms. The molecule has 0 saturated carbocycles. The fraction of sp³-hybridized carbons (Fsp3) is 0.160. The second-order valence-electron chi connectivity index (χ2n) is 7.72. The van der Waals surface area contributed by atoms with Crippen molar-refractivity contribution in [2.75, 3.05) is 5.43 Å². The molecule has 4 aromatic rings. The van der Waals surface area contributed by atoms with Crippen molar-refractivity contribution in [1.29, 1.82) is 0 Å². The van der Waals surface area contributed by atoms with E-state index in [1.807, 2.05) is 25.1 Å². The second-order valence-corrected chi connectivity index (χ2v) is 8.57. The molecule has 0 spiro atoms. The molecule has 2 heterocycles. The van der Waals surface area contributed by atoms with E-state index >= 15 is 0 Å². The van der Waals surface area contributed by atoms with Crippen LogP contribution in [0.2, 0.25) is 0 Å². The number of ether oxygens (including phenoxy) is 1. The number of hydrazone groups is 1. The third kappa shape index (κ3) is 4.14. The van der Waals surface area contributed by atoms with Crippen LogP contribution in [0.3, 0.4) is 0 Å². The Morgan fingerprint density at radius 2 is 2.00 bits per heavy atom. The number of hydrogen-bond acceptors (Lipinski definition) is 6. The lowest BCUT2D eigenvalue weighted by Gasteiger charge is -2.13. The van der Waals surface area contributed by atoms with Crippen LogP contribution in [0.4, 0.5) is 10.1 Å². The second kappa shape index (κ2) is 8.78. The Labute approximate surface area is 197 Å². The van der Waals surface area contributed by atoms with Gasteiger partial charge < -0.3 is 9.15 Å². The van der Waals surface area contributed by atoms with E-state index in [0.29, 0.717) is 34.7 Å². The van der Waals surface area contributed by atoms with Crippen molar-refractivity contribution >= 4 is 44.2 Å². The third-order valence-corrected chi connectivity index (χ3v) is 6.25. The summed E-state index contributed by atoms with van der Waals surface area (Å²) in [5, 5.41) is 5.36. The van der Waals surface area contributed by atoms with E-state index in [9.17, 15) is 9.18 Å². The Balaban J connectivity index is 1.44. The van der Waals surface area contributed by atoms with Gasteiger partial charge in [0.1, 0.15) is 17.1 Å². The number of halogens is 2. The zero-order valence-electron chi connectivity index (χ0n) is 17.7. The summed E-state index contributed by atoms with van der Waals surface area (Å²) in [5.74, 6) is 0.338. The smallest absolute Gasteiger partial charge is 0.380 e. The van der Waals surface area contributed by atoms with Gasteiger partial charge in [0.2, 0.25) is 5.76 Å². The monoisotopic (exact) mass is 507 g/mol. The number of nitrogens with one attached hydrogen (secondary N) is 1. The van der Waals surface area contributed by atoms with Gasteiger partial charge in [0.25, 0.3) is 0 Å². The summed E-state index contributed by atoms with van der Waals surface area (Å²) in [6.45, 7) is 1.83. The molecule has 0 amide bonds. The molecule has 0 radical (unpaired) electrons. The number of anilines is 1. The van der Waals surface area contributed by atoms with E-state index in [-0.39, 0.29) is 11.6 Å². The zero-order chi connectivity index (χ0) is 22.9. The number of furan rings is 1. The summed E-state index contributed by atoms with van der Waals surface area (Å²) in [6, 6.07) is 13.2. The van der Waals surface area contributed by atoms with Crippen LogP contribution in [0.5, 0.6) is 5.75 Å². The van der Waals surface area contributed by atoms with Gasteiger partial charge in [-0.15, -0.1) is 0 Å². The highest BCUT2D eigenvalue weighted by molar-refractivity contribution is 9.10. The molecule has 0 saturated heterocycles. The highest BCUT2D eigenvalue weighted by atomic mass is 79.9. The predicted molar refractivity (Wildman–Crippen MR) is 127 cm³/mol. The maximum atomic E-state index is 13.1. The molecule has 1 N–H and O–H groups in total. The zero-order valence-corrected chi connectivity index (χ0v) is 19.3. The number of fused-ring (bicyclic) bond motifs is 2. The molecular weight excluding hydrogens is 489 g/mol. The molecule has 5 rings (SSSR count). The minimum atomic E-state index is -0.581. The molecule has 0 atom stereocenters. The molecule has 2 aromatic heterocycles. The van der Waals surface area contributed by atoms with Crippen LogP contribution >= 0.6 is 15.9 Å². The van der Waals surface area contributed by atoms with Gasteiger partial charge in [0.05, 0.1) is 11.4 Å². The normalized spacial score (nSPS) is 14.3. The molecule has 1 aliphatic carbocycles. The summed E-state index contributed by atoms with van der Waals surface area (Å²) < 4.78 is 25.6. The first-order valence-corrected chi connectivity index (χ1v) is 11.3. The number of benzene rings is 2. The van der Waals surface area contributed by atoms with Gasteiger partial charge >= 0.3 is 5.97 Å². The SMILES string of the molecule is Cc1c(C(=O)Oc2ccc(Br)c3cccnc23)oc2c1/C(=N/Nc1ccc(F)cc1)CCC2. The van der Waals surface area contributed by atoms with Crippen LogP contribution in [0.15, 0.2) is 68.7 Å². The number of aromatic nitrogens is 1. The number of esters is 1. The summed E-state index contributed by atoms with van der Waals surface area (Å²) >= 11 is 3.50. The summed E-state index contributed by atoms with van der Waals surface area (Å²) in [7, 11) is 0. The molecule has 0 aliphatic heterocycles. The Bertz CT molecular complexity index is 1400. The first-order valence-electron chi connectivity index (χ1n) is 10.5. The lowest BCUT2D eigenvalue weighted by atomic mass is 9.93. The Morgan fingerprint density at radius 3 is 2.82 bits per heavy atom. The van der Waals surface area contributed by atoms with Crippen molar-refractivity contribution in [3.8, 4) is 5.75 Å². The molecule has 6 nitrogen and oxygen atoms in total. The lowest BCUT2D eigenvalue weighted by Crippen LogP contribution is -2.13. The van der Waals surface area contributed by atoms with Crippen molar-refractivity contribution in [3.63, 3.8) is 0 Å². The Morgan fingerprint density at radius 1 is 1.18 bits per heavy atom. The van der Waals surface area contributed by atoms with E-state index in [1.165, 1.54) is 12.1 Å².